The second-order valence-corrected chi connectivity index (χ2v) is 8.23. The van der Waals surface area contributed by atoms with Crippen molar-refractivity contribution in [3.63, 3.8) is 0 Å². The fourth-order valence-electron chi connectivity index (χ4n) is 3.41. The number of hydrogen-bond acceptors (Lipinski definition) is 5. The maximum Gasteiger partial charge on any atom is 0.277 e. The molecule has 2 aromatic carbocycles. The molecule has 6 nitrogen and oxygen atoms in total. The van der Waals surface area contributed by atoms with E-state index < -0.39 is 5.82 Å². The summed E-state index contributed by atoms with van der Waals surface area (Å²) in [6.07, 6.45) is 1.37. The number of nitrogens with one attached hydrogen (secondary N) is 1. The van der Waals surface area contributed by atoms with Crippen molar-refractivity contribution >= 4 is 34.8 Å². The third kappa shape index (κ3) is 5.83. The zero-order chi connectivity index (χ0) is 21.8. The number of hydrogen-bond donors (Lipinski definition) is 1. The molecule has 1 aliphatic heterocycles. The van der Waals surface area contributed by atoms with Crippen LogP contribution in [0.3, 0.4) is 0 Å². The van der Waals surface area contributed by atoms with E-state index in [4.69, 9.17) is 27.6 Å². The zero-order valence-electron chi connectivity index (χ0n) is 16.7. The predicted molar refractivity (Wildman–Crippen MR) is 118 cm³/mol. The summed E-state index contributed by atoms with van der Waals surface area (Å²) in [6, 6.07) is 11.7. The van der Waals surface area contributed by atoms with Gasteiger partial charge in [0, 0.05) is 43.4 Å². The first-order chi connectivity index (χ1) is 15.0. The normalized spacial score (nSPS) is 15.2. The molecule has 2 heterocycles. The predicted octanol–water partition coefficient (Wildman–Crippen LogP) is 4.69. The highest BCUT2D eigenvalue weighted by atomic mass is 35.5. The smallest absolute Gasteiger partial charge is 0.277 e. The van der Waals surface area contributed by atoms with Crippen molar-refractivity contribution in [2.45, 2.75) is 13.1 Å². The maximum absolute atomic E-state index is 13.3. The van der Waals surface area contributed by atoms with Gasteiger partial charge in [-0.3, -0.25) is 14.6 Å². The summed E-state index contributed by atoms with van der Waals surface area (Å²) in [4.78, 5) is 21.2. The van der Waals surface area contributed by atoms with Crippen LogP contribution in [0.15, 0.2) is 53.1 Å². The Labute approximate surface area is 189 Å². The summed E-state index contributed by atoms with van der Waals surface area (Å²) in [5.41, 5.74) is 1.86. The molecule has 0 spiro atoms. The maximum atomic E-state index is 13.3. The van der Waals surface area contributed by atoms with Gasteiger partial charge in [0.1, 0.15) is 12.1 Å². The van der Waals surface area contributed by atoms with Gasteiger partial charge in [0.15, 0.2) is 5.69 Å². The Morgan fingerprint density at radius 1 is 1.03 bits per heavy atom. The van der Waals surface area contributed by atoms with E-state index in [9.17, 15) is 9.18 Å². The Kier molecular flexibility index (Phi) is 6.87. The Morgan fingerprint density at radius 2 is 1.71 bits per heavy atom. The van der Waals surface area contributed by atoms with Gasteiger partial charge in [0.25, 0.3) is 5.91 Å². The number of amides is 1. The van der Waals surface area contributed by atoms with E-state index in [1.165, 1.54) is 12.3 Å². The monoisotopic (exact) mass is 462 g/mol. The topological polar surface area (TPSA) is 61.6 Å². The lowest BCUT2D eigenvalue weighted by atomic mass is 10.2. The number of anilines is 1. The summed E-state index contributed by atoms with van der Waals surface area (Å²) >= 11 is 11.7. The zero-order valence-corrected chi connectivity index (χ0v) is 18.2. The first-order valence-corrected chi connectivity index (χ1v) is 10.6. The molecule has 0 aliphatic carbocycles. The number of benzene rings is 2. The third-order valence-corrected chi connectivity index (χ3v) is 5.64. The molecule has 0 bridgehead atoms. The van der Waals surface area contributed by atoms with Crippen molar-refractivity contribution in [2.75, 3.05) is 31.5 Å². The minimum absolute atomic E-state index is 0.149. The van der Waals surface area contributed by atoms with Gasteiger partial charge in [-0.25, -0.2) is 9.37 Å². The van der Waals surface area contributed by atoms with E-state index >= 15 is 0 Å². The molecule has 0 radical (unpaired) electrons. The minimum Gasteiger partial charge on any atom is -0.447 e. The first-order valence-electron chi connectivity index (χ1n) is 9.86. The lowest BCUT2D eigenvalue weighted by Crippen LogP contribution is -2.45. The molecular formula is C22H21Cl2FN4O2. The van der Waals surface area contributed by atoms with E-state index in [0.29, 0.717) is 23.1 Å². The fraction of sp³-hybridized carbons (Fsp3) is 0.273. The molecule has 1 saturated heterocycles. The van der Waals surface area contributed by atoms with Crippen LogP contribution in [-0.2, 0) is 13.1 Å². The van der Waals surface area contributed by atoms with Gasteiger partial charge in [-0.1, -0.05) is 29.3 Å². The molecule has 3 aromatic rings. The number of oxazole rings is 1. The molecule has 1 fully saturated rings. The van der Waals surface area contributed by atoms with Crippen LogP contribution in [0.1, 0.15) is 21.9 Å². The quantitative estimate of drug-likeness (QED) is 0.575. The number of piperazine rings is 1. The largest absolute Gasteiger partial charge is 0.447 e. The van der Waals surface area contributed by atoms with Crippen LogP contribution in [0, 0.1) is 5.82 Å². The van der Waals surface area contributed by atoms with Crippen LogP contribution in [0.25, 0.3) is 0 Å². The Morgan fingerprint density at radius 3 is 2.39 bits per heavy atom. The summed E-state index contributed by atoms with van der Waals surface area (Å²) in [5.74, 6) is -0.234. The number of rotatable bonds is 6. The van der Waals surface area contributed by atoms with Crippen LogP contribution < -0.4 is 5.32 Å². The Balaban J connectivity index is 1.26. The highest BCUT2D eigenvalue weighted by molar-refractivity contribution is 6.31. The molecule has 4 rings (SSSR count). The van der Waals surface area contributed by atoms with Crippen LogP contribution in [0.5, 0.6) is 0 Å². The van der Waals surface area contributed by atoms with Crippen molar-refractivity contribution < 1.29 is 13.6 Å². The summed E-state index contributed by atoms with van der Waals surface area (Å²) in [5, 5.41) is 3.51. The van der Waals surface area contributed by atoms with Crippen molar-refractivity contribution in [1.29, 1.82) is 0 Å². The van der Waals surface area contributed by atoms with Crippen molar-refractivity contribution in [2.24, 2.45) is 0 Å². The highest BCUT2D eigenvalue weighted by Crippen LogP contribution is 2.19. The first kappa shape index (κ1) is 21.8. The molecule has 1 aliphatic rings. The number of carbonyl (C=O) groups is 1. The molecule has 9 heteroatoms. The summed E-state index contributed by atoms with van der Waals surface area (Å²) in [6.45, 7) is 4.65. The van der Waals surface area contributed by atoms with Crippen LogP contribution in [0.4, 0.5) is 10.1 Å². The summed E-state index contributed by atoms with van der Waals surface area (Å²) in [7, 11) is 0. The molecule has 31 heavy (non-hydrogen) atoms. The highest BCUT2D eigenvalue weighted by Gasteiger charge is 2.20. The van der Waals surface area contributed by atoms with Gasteiger partial charge >= 0.3 is 0 Å². The molecule has 1 aromatic heterocycles. The number of halogens is 3. The number of aromatic nitrogens is 1. The fourth-order valence-corrected chi connectivity index (χ4v) is 3.74. The van der Waals surface area contributed by atoms with Crippen molar-refractivity contribution in [1.82, 2.24) is 14.8 Å². The third-order valence-electron chi connectivity index (χ3n) is 5.10. The standard InChI is InChI=1S/C22H21Cl2FN4O2/c23-16-2-4-17(5-3-16)26-22(30)20-14-31-21(27-20)13-29-9-7-28(8-10-29)12-15-1-6-19(25)18(24)11-15/h1-6,11,14H,7-10,12-13H2,(H,26,30). The van der Waals surface area contributed by atoms with E-state index in [1.54, 1.807) is 36.4 Å². The second kappa shape index (κ2) is 9.78. The van der Waals surface area contributed by atoms with Crippen LogP contribution in [-0.4, -0.2) is 46.9 Å². The van der Waals surface area contributed by atoms with Gasteiger partial charge < -0.3 is 9.73 Å². The molecule has 0 atom stereocenters. The van der Waals surface area contributed by atoms with Crippen molar-refractivity contribution in [3.05, 3.63) is 81.7 Å². The van der Waals surface area contributed by atoms with E-state index in [-0.39, 0.29) is 16.6 Å². The van der Waals surface area contributed by atoms with Gasteiger partial charge in [0.05, 0.1) is 11.6 Å². The van der Waals surface area contributed by atoms with E-state index in [2.05, 4.69) is 20.1 Å². The van der Waals surface area contributed by atoms with Crippen LogP contribution >= 0.6 is 23.2 Å². The van der Waals surface area contributed by atoms with Gasteiger partial charge in [0.2, 0.25) is 5.89 Å². The number of carbonyl (C=O) groups excluding carboxylic acids is 1. The summed E-state index contributed by atoms with van der Waals surface area (Å²) < 4.78 is 18.8. The molecule has 0 unspecified atom stereocenters. The second-order valence-electron chi connectivity index (χ2n) is 7.39. The van der Waals surface area contributed by atoms with Crippen LogP contribution in [0.2, 0.25) is 10.0 Å². The lowest BCUT2D eigenvalue weighted by molar-refractivity contribution is 0.102. The number of nitrogens with zero attached hydrogens (tertiary/aromatic N) is 3. The van der Waals surface area contributed by atoms with E-state index in [1.807, 2.05) is 0 Å². The average molecular weight is 463 g/mol. The molecule has 1 N–H and O–H groups in total. The van der Waals surface area contributed by atoms with Gasteiger partial charge in [-0.05, 0) is 42.0 Å². The minimum atomic E-state index is -0.401. The molecule has 162 valence electrons. The molecule has 0 saturated carbocycles. The lowest BCUT2D eigenvalue weighted by Gasteiger charge is -2.34. The SMILES string of the molecule is O=C(Nc1ccc(Cl)cc1)c1coc(CN2CCN(Cc3ccc(F)c(Cl)c3)CC2)n1. The Hall–Kier alpha value is -2.45. The van der Waals surface area contributed by atoms with E-state index in [0.717, 1.165) is 38.3 Å². The molecular weight excluding hydrogens is 442 g/mol. The van der Waals surface area contributed by atoms with Gasteiger partial charge in [-0.2, -0.15) is 0 Å². The van der Waals surface area contributed by atoms with Gasteiger partial charge in [-0.15, -0.1) is 0 Å². The Bertz CT molecular complexity index is 1050. The van der Waals surface area contributed by atoms with Crippen molar-refractivity contribution in [3.8, 4) is 0 Å². The average Bonchev–Trinajstić information content (AvgIpc) is 3.22. The molecule has 1 amide bonds.